The van der Waals surface area contributed by atoms with E-state index < -0.39 is 10.0 Å². The lowest BCUT2D eigenvalue weighted by molar-refractivity contribution is 0.146. The van der Waals surface area contributed by atoms with Gasteiger partial charge in [0.1, 0.15) is 0 Å². The minimum Gasteiger partial charge on any atom is -0.395 e. The summed E-state index contributed by atoms with van der Waals surface area (Å²) in [6, 6.07) is 0.130. The first-order chi connectivity index (χ1) is 5.95. The van der Waals surface area contributed by atoms with Gasteiger partial charge in [0.25, 0.3) is 0 Å². The molecule has 1 N–H and O–H groups in total. The first-order valence-electron chi connectivity index (χ1n) is 3.96. The lowest BCUT2D eigenvalue weighted by atomic mass is 10.2. The van der Waals surface area contributed by atoms with Gasteiger partial charge < -0.3 is 5.11 Å². The van der Waals surface area contributed by atoms with E-state index in [0.717, 1.165) is 0 Å². The van der Waals surface area contributed by atoms with Crippen LogP contribution in [0.4, 0.5) is 0 Å². The van der Waals surface area contributed by atoms with E-state index in [4.69, 9.17) is 5.11 Å². The van der Waals surface area contributed by atoms with E-state index in [1.165, 1.54) is 10.6 Å². The summed E-state index contributed by atoms with van der Waals surface area (Å²) in [4.78, 5) is 0. The molecule has 1 fully saturated rings. The van der Waals surface area contributed by atoms with Crippen molar-refractivity contribution in [1.82, 2.24) is 8.61 Å². The molecule has 1 aliphatic rings. The van der Waals surface area contributed by atoms with Gasteiger partial charge >= 0.3 is 0 Å². The summed E-state index contributed by atoms with van der Waals surface area (Å²) in [6.45, 7) is 1.45. The van der Waals surface area contributed by atoms with Gasteiger partial charge in [0.2, 0.25) is 10.0 Å². The lowest BCUT2D eigenvalue weighted by Gasteiger charge is -2.41. The Bertz CT molecular complexity index is 261. The highest BCUT2D eigenvalue weighted by Crippen LogP contribution is 2.18. The van der Waals surface area contributed by atoms with Crippen molar-refractivity contribution >= 4 is 22.8 Å². The Morgan fingerprint density at radius 1 is 1.62 bits per heavy atom. The van der Waals surface area contributed by atoms with E-state index in [2.05, 4.69) is 12.8 Å². The predicted octanol–water partition coefficient (Wildman–Crippen LogP) is -1.23. The zero-order chi connectivity index (χ0) is 10.1. The highest BCUT2D eigenvalue weighted by Gasteiger charge is 2.35. The maximum absolute atomic E-state index is 11.0. The van der Waals surface area contributed by atoms with Crippen molar-refractivity contribution in [3.05, 3.63) is 0 Å². The van der Waals surface area contributed by atoms with Crippen molar-refractivity contribution in [1.29, 1.82) is 0 Å². The number of sulfonamides is 1. The highest BCUT2D eigenvalue weighted by molar-refractivity contribution is 7.88. The van der Waals surface area contributed by atoms with Crippen LogP contribution in [-0.4, -0.2) is 60.7 Å². The number of nitrogens with zero attached hydrogens (tertiary/aromatic N) is 2. The van der Waals surface area contributed by atoms with Crippen molar-refractivity contribution in [2.75, 3.05) is 32.5 Å². The number of rotatable bonds is 4. The molecule has 0 saturated carbocycles. The number of thiol groups is 1. The van der Waals surface area contributed by atoms with Gasteiger partial charge in [-0.15, -0.1) is 0 Å². The van der Waals surface area contributed by atoms with Gasteiger partial charge in [-0.2, -0.15) is 4.31 Å². The smallest absolute Gasteiger partial charge is 0.211 e. The number of aliphatic hydroxyl groups excluding tert-OH is 1. The molecule has 1 saturated heterocycles. The zero-order valence-electron chi connectivity index (χ0n) is 7.42. The normalized spacial score (nSPS) is 20.6. The molecule has 0 amide bonds. The van der Waals surface area contributed by atoms with Crippen LogP contribution in [0.25, 0.3) is 0 Å². The lowest BCUT2D eigenvalue weighted by Crippen LogP contribution is -2.58. The quantitative estimate of drug-likeness (QED) is 0.589. The summed E-state index contributed by atoms with van der Waals surface area (Å²) >= 11 is 4.12. The van der Waals surface area contributed by atoms with Gasteiger partial charge in [0.15, 0.2) is 0 Å². The van der Waals surface area contributed by atoms with Crippen LogP contribution in [0.1, 0.15) is 0 Å². The molecule has 0 aromatic carbocycles. The first-order valence-corrected chi connectivity index (χ1v) is 6.21. The van der Waals surface area contributed by atoms with Gasteiger partial charge in [0, 0.05) is 25.7 Å². The molecule has 0 aromatic rings. The van der Waals surface area contributed by atoms with Crippen LogP contribution >= 0.6 is 12.8 Å². The van der Waals surface area contributed by atoms with Gasteiger partial charge in [-0.25, -0.2) is 12.7 Å². The van der Waals surface area contributed by atoms with Gasteiger partial charge in [-0.1, -0.05) is 12.8 Å². The molecule has 78 valence electrons. The molecule has 13 heavy (non-hydrogen) atoms. The fourth-order valence-corrected chi connectivity index (χ4v) is 2.28. The summed E-state index contributed by atoms with van der Waals surface area (Å²) in [7, 11) is -3.04. The monoisotopic (exact) mass is 226 g/mol. The fraction of sp³-hybridized carbons (Fsp3) is 1.00. The van der Waals surface area contributed by atoms with Crippen molar-refractivity contribution in [2.45, 2.75) is 6.04 Å². The Morgan fingerprint density at radius 3 is 2.54 bits per heavy atom. The van der Waals surface area contributed by atoms with Gasteiger partial charge in [-0.05, 0) is 0 Å². The van der Waals surface area contributed by atoms with Crippen molar-refractivity contribution < 1.29 is 13.5 Å². The Hall–Kier alpha value is 0.180. The van der Waals surface area contributed by atoms with Crippen LogP contribution in [0.2, 0.25) is 0 Å². The van der Waals surface area contributed by atoms with Crippen LogP contribution in [0.5, 0.6) is 0 Å². The second-order valence-corrected chi connectivity index (χ2v) is 5.62. The topological polar surface area (TPSA) is 60.9 Å². The zero-order valence-corrected chi connectivity index (χ0v) is 9.13. The van der Waals surface area contributed by atoms with Crippen LogP contribution in [0, 0.1) is 0 Å². The third-order valence-electron chi connectivity index (χ3n) is 2.05. The summed E-state index contributed by atoms with van der Waals surface area (Å²) < 4.78 is 25.0. The minimum absolute atomic E-state index is 0.0406. The van der Waals surface area contributed by atoms with Crippen LogP contribution in [-0.2, 0) is 10.0 Å². The van der Waals surface area contributed by atoms with E-state index in [-0.39, 0.29) is 12.6 Å². The Kier molecular flexibility index (Phi) is 3.58. The van der Waals surface area contributed by atoms with Crippen molar-refractivity contribution in [2.24, 2.45) is 0 Å². The SMILES string of the molecule is CS(=O)(=O)N1CC(N(S)CCO)C1. The van der Waals surface area contributed by atoms with E-state index in [1.54, 1.807) is 4.31 Å². The summed E-state index contributed by atoms with van der Waals surface area (Å²) in [5, 5.41) is 8.61. The molecule has 7 heteroatoms. The molecule has 0 spiro atoms. The molecular weight excluding hydrogens is 212 g/mol. The molecule has 0 aliphatic carbocycles. The molecule has 0 unspecified atom stereocenters. The van der Waals surface area contributed by atoms with E-state index in [0.29, 0.717) is 19.6 Å². The third-order valence-corrected chi connectivity index (χ3v) is 3.81. The molecule has 0 aromatic heterocycles. The fourth-order valence-electron chi connectivity index (χ4n) is 1.16. The minimum atomic E-state index is -3.04. The maximum atomic E-state index is 11.0. The molecule has 0 bridgehead atoms. The highest BCUT2D eigenvalue weighted by atomic mass is 32.2. The average Bonchev–Trinajstić information content (AvgIpc) is 1.79. The predicted molar refractivity (Wildman–Crippen MR) is 53.0 cm³/mol. The van der Waals surface area contributed by atoms with Gasteiger partial charge in [0.05, 0.1) is 12.9 Å². The Morgan fingerprint density at radius 2 is 2.15 bits per heavy atom. The first kappa shape index (κ1) is 11.3. The van der Waals surface area contributed by atoms with Gasteiger partial charge in [-0.3, -0.25) is 0 Å². The standard InChI is InChI=1S/C6H14N2O3S2/c1-13(10,11)7-4-6(5-7)8(12)2-3-9/h6,9,12H,2-5H2,1H3. The average molecular weight is 226 g/mol. The molecule has 1 aliphatic heterocycles. The number of hydrogen-bond donors (Lipinski definition) is 2. The van der Waals surface area contributed by atoms with E-state index in [9.17, 15) is 8.42 Å². The Balaban J connectivity index is 2.33. The summed E-state index contributed by atoms with van der Waals surface area (Å²) in [5.74, 6) is 0. The second-order valence-electron chi connectivity index (χ2n) is 3.12. The molecule has 0 atom stereocenters. The van der Waals surface area contributed by atoms with Crippen molar-refractivity contribution in [3.8, 4) is 0 Å². The summed E-state index contributed by atoms with van der Waals surface area (Å²) in [6.07, 6.45) is 1.19. The second kappa shape index (κ2) is 4.14. The molecule has 0 radical (unpaired) electrons. The maximum Gasteiger partial charge on any atom is 0.211 e. The third kappa shape index (κ3) is 2.81. The van der Waals surface area contributed by atoms with Crippen molar-refractivity contribution in [3.63, 3.8) is 0 Å². The number of hydrogen-bond acceptors (Lipinski definition) is 5. The van der Waals surface area contributed by atoms with Crippen LogP contribution in [0.15, 0.2) is 0 Å². The van der Waals surface area contributed by atoms with Crippen LogP contribution < -0.4 is 0 Å². The van der Waals surface area contributed by atoms with E-state index >= 15 is 0 Å². The summed E-state index contributed by atoms with van der Waals surface area (Å²) in [5.41, 5.74) is 0. The molecule has 5 nitrogen and oxygen atoms in total. The molecular formula is C6H14N2O3S2. The molecule has 1 heterocycles. The number of aliphatic hydroxyl groups is 1. The van der Waals surface area contributed by atoms with Crippen LogP contribution in [0.3, 0.4) is 0 Å². The Labute approximate surface area is 83.9 Å². The van der Waals surface area contributed by atoms with E-state index in [1.807, 2.05) is 0 Å². The molecule has 1 rings (SSSR count). The largest absolute Gasteiger partial charge is 0.395 e.